The fourth-order valence-corrected chi connectivity index (χ4v) is 8.69. The Labute approximate surface area is 305 Å². The minimum atomic E-state index is 0.0252. The second kappa shape index (κ2) is 12.1. The first-order valence-corrected chi connectivity index (χ1v) is 18.1. The van der Waals surface area contributed by atoms with Crippen LogP contribution in [0.2, 0.25) is 0 Å². The zero-order valence-corrected chi connectivity index (χ0v) is 29.2. The fourth-order valence-electron chi connectivity index (χ4n) is 8.69. The lowest BCUT2D eigenvalue weighted by Crippen LogP contribution is -2.61. The van der Waals surface area contributed by atoms with Crippen LogP contribution in [0, 0.1) is 13.8 Å². The largest absolute Gasteiger partial charge is 0.311 e. The van der Waals surface area contributed by atoms with Crippen LogP contribution in [0.4, 0.5) is 51.2 Å². The number of aryl methyl sites for hydroxylation is 2. The summed E-state index contributed by atoms with van der Waals surface area (Å²) in [5.74, 6) is 0. The highest BCUT2D eigenvalue weighted by atomic mass is 15.2. The van der Waals surface area contributed by atoms with E-state index in [0.717, 1.165) is 22.7 Å². The third-order valence-electron chi connectivity index (χ3n) is 10.8. The first-order valence-electron chi connectivity index (χ1n) is 18.1. The van der Waals surface area contributed by atoms with Crippen LogP contribution in [0.25, 0.3) is 10.8 Å². The Balaban J connectivity index is 1.35. The molecule has 0 aliphatic carbocycles. The van der Waals surface area contributed by atoms with Crippen LogP contribution in [0.3, 0.4) is 0 Å². The average Bonchev–Trinajstić information content (AvgIpc) is 3.20. The molecule has 2 heterocycles. The van der Waals surface area contributed by atoms with E-state index in [1.54, 1.807) is 0 Å². The number of nitrogens with zero attached hydrogens (tertiary/aromatic N) is 3. The van der Waals surface area contributed by atoms with Crippen LogP contribution in [0.15, 0.2) is 182 Å². The molecule has 246 valence electrons. The van der Waals surface area contributed by atoms with E-state index in [1.807, 2.05) is 0 Å². The van der Waals surface area contributed by atoms with Gasteiger partial charge in [0, 0.05) is 50.9 Å². The van der Waals surface area contributed by atoms with Gasteiger partial charge in [0.2, 0.25) is 0 Å². The highest BCUT2D eigenvalue weighted by molar-refractivity contribution is 7.01. The topological polar surface area (TPSA) is 9.72 Å². The lowest BCUT2D eigenvalue weighted by atomic mass is 9.32. The predicted octanol–water partition coefficient (Wildman–Crippen LogP) is 11.0. The molecule has 10 rings (SSSR count). The van der Waals surface area contributed by atoms with Crippen molar-refractivity contribution < 1.29 is 0 Å². The molecule has 0 unspecified atom stereocenters. The third kappa shape index (κ3) is 4.54. The van der Waals surface area contributed by atoms with E-state index in [2.05, 4.69) is 211 Å². The molecule has 8 aromatic carbocycles. The standard InChI is InChI=1S/C48H36BN3/c1-33-18-12-15-29-41(33)52-43-31-17-30-42-47(43)49(40-28-16-19-34(2)48(40)52)46-39-27-14-13-26-38(39)44(32-45(46)51(42)37-24-10-5-11-25-37)50(35-20-6-3-7-21-35)36-22-8-4-9-23-36/h3-32H,1-2H3. The van der Waals surface area contributed by atoms with Crippen LogP contribution >= 0.6 is 0 Å². The lowest BCUT2D eigenvalue weighted by Gasteiger charge is -2.45. The third-order valence-corrected chi connectivity index (χ3v) is 10.8. The van der Waals surface area contributed by atoms with Crippen molar-refractivity contribution in [1.82, 2.24) is 0 Å². The first kappa shape index (κ1) is 30.3. The Morgan fingerprint density at radius 2 is 0.962 bits per heavy atom. The van der Waals surface area contributed by atoms with E-state index >= 15 is 0 Å². The lowest BCUT2D eigenvalue weighted by molar-refractivity contribution is 1.22. The van der Waals surface area contributed by atoms with Gasteiger partial charge in [-0.15, -0.1) is 0 Å². The number of hydrogen-bond acceptors (Lipinski definition) is 3. The summed E-state index contributed by atoms with van der Waals surface area (Å²) >= 11 is 0. The SMILES string of the molecule is Cc1ccccc1N1c2cccc3c2B(c2cccc(C)c21)c1c(cc(N(c2ccccc2)c2ccccc2)c2ccccc12)N3c1ccccc1. The molecule has 0 bridgehead atoms. The molecule has 52 heavy (non-hydrogen) atoms. The highest BCUT2D eigenvalue weighted by Crippen LogP contribution is 2.48. The van der Waals surface area contributed by atoms with Crippen molar-refractivity contribution in [2.24, 2.45) is 0 Å². The average molecular weight is 666 g/mol. The van der Waals surface area contributed by atoms with Gasteiger partial charge in [-0.25, -0.2) is 0 Å². The molecule has 2 aliphatic rings. The van der Waals surface area contributed by atoms with Crippen molar-refractivity contribution in [3.05, 3.63) is 193 Å². The summed E-state index contributed by atoms with van der Waals surface area (Å²) in [6, 6.07) is 66.4. The van der Waals surface area contributed by atoms with E-state index in [-0.39, 0.29) is 6.71 Å². The van der Waals surface area contributed by atoms with Gasteiger partial charge < -0.3 is 14.7 Å². The molecule has 0 saturated carbocycles. The molecule has 0 saturated heterocycles. The molecule has 0 spiro atoms. The summed E-state index contributed by atoms with van der Waals surface area (Å²) in [5.41, 5.74) is 17.2. The van der Waals surface area contributed by atoms with Gasteiger partial charge in [0.25, 0.3) is 6.71 Å². The first-order chi connectivity index (χ1) is 25.7. The highest BCUT2D eigenvalue weighted by Gasteiger charge is 2.45. The number of benzene rings is 8. The van der Waals surface area contributed by atoms with E-state index in [1.165, 1.54) is 66.7 Å². The second-order valence-corrected chi connectivity index (χ2v) is 13.8. The Bertz CT molecular complexity index is 2580. The van der Waals surface area contributed by atoms with Gasteiger partial charge in [-0.3, -0.25) is 0 Å². The Morgan fingerprint density at radius 3 is 1.65 bits per heavy atom. The van der Waals surface area contributed by atoms with Crippen molar-refractivity contribution in [2.75, 3.05) is 14.7 Å². The van der Waals surface area contributed by atoms with Gasteiger partial charge in [-0.1, -0.05) is 121 Å². The minimum Gasteiger partial charge on any atom is -0.311 e. The summed E-state index contributed by atoms with van der Waals surface area (Å²) in [5, 5.41) is 2.48. The number of fused-ring (bicyclic) bond motifs is 6. The number of hydrogen-bond donors (Lipinski definition) is 0. The van der Waals surface area contributed by atoms with Gasteiger partial charge in [0.05, 0.1) is 5.69 Å². The van der Waals surface area contributed by atoms with Gasteiger partial charge in [-0.05, 0) is 107 Å². The molecule has 0 radical (unpaired) electrons. The van der Waals surface area contributed by atoms with Crippen LogP contribution in [0.1, 0.15) is 11.1 Å². The van der Waals surface area contributed by atoms with Crippen LogP contribution < -0.4 is 31.1 Å². The van der Waals surface area contributed by atoms with Crippen molar-refractivity contribution in [1.29, 1.82) is 0 Å². The Morgan fingerprint density at radius 1 is 0.423 bits per heavy atom. The molecular weight excluding hydrogens is 629 g/mol. The van der Waals surface area contributed by atoms with Crippen LogP contribution in [0.5, 0.6) is 0 Å². The van der Waals surface area contributed by atoms with Crippen molar-refractivity contribution in [3.63, 3.8) is 0 Å². The molecule has 0 amide bonds. The Hall–Kier alpha value is -6.52. The van der Waals surface area contributed by atoms with Gasteiger partial charge >= 0.3 is 0 Å². The molecule has 3 nitrogen and oxygen atoms in total. The summed E-state index contributed by atoms with van der Waals surface area (Å²) < 4.78 is 0. The summed E-state index contributed by atoms with van der Waals surface area (Å²) in [7, 11) is 0. The summed E-state index contributed by atoms with van der Waals surface area (Å²) in [6.07, 6.45) is 0. The normalized spacial score (nSPS) is 12.7. The van der Waals surface area contributed by atoms with Gasteiger partial charge in [0.15, 0.2) is 0 Å². The van der Waals surface area contributed by atoms with E-state index in [4.69, 9.17) is 0 Å². The molecule has 4 heteroatoms. The van der Waals surface area contributed by atoms with E-state index in [9.17, 15) is 0 Å². The predicted molar refractivity (Wildman–Crippen MR) is 222 cm³/mol. The summed E-state index contributed by atoms with van der Waals surface area (Å²) in [4.78, 5) is 7.44. The zero-order chi connectivity index (χ0) is 34.8. The number of anilines is 9. The number of para-hydroxylation sites is 5. The Kier molecular flexibility index (Phi) is 7.04. The molecule has 0 N–H and O–H groups in total. The molecule has 0 atom stereocenters. The maximum absolute atomic E-state index is 2.52. The quantitative estimate of drug-likeness (QED) is 0.169. The maximum atomic E-state index is 2.52. The van der Waals surface area contributed by atoms with Crippen LogP contribution in [-0.2, 0) is 0 Å². The zero-order valence-electron chi connectivity index (χ0n) is 29.2. The van der Waals surface area contributed by atoms with E-state index in [0.29, 0.717) is 0 Å². The monoisotopic (exact) mass is 665 g/mol. The van der Waals surface area contributed by atoms with Crippen LogP contribution in [-0.4, -0.2) is 6.71 Å². The smallest absolute Gasteiger partial charge is 0.252 e. The van der Waals surface area contributed by atoms with Gasteiger partial charge in [0.1, 0.15) is 0 Å². The van der Waals surface area contributed by atoms with E-state index < -0.39 is 0 Å². The summed E-state index contributed by atoms with van der Waals surface area (Å²) in [6.45, 7) is 4.51. The molecule has 8 aromatic rings. The number of rotatable bonds is 5. The minimum absolute atomic E-state index is 0.0252. The molecule has 0 aromatic heterocycles. The molecular formula is C48H36BN3. The van der Waals surface area contributed by atoms with Crippen molar-refractivity contribution >= 4 is 85.1 Å². The fraction of sp³-hybridized carbons (Fsp3) is 0.0417. The molecule has 2 aliphatic heterocycles. The van der Waals surface area contributed by atoms with Crippen molar-refractivity contribution in [2.45, 2.75) is 13.8 Å². The van der Waals surface area contributed by atoms with Crippen molar-refractivity contribution in [3.8, 4) is 0 Å². The van der Waals surface area contributed by atoms with Gasteiger partial charge in [-0.2, -0.15) is 0 Å². The second-order valence-electron chi connectivity index (χ2n) is 13.8. The molecule has 0 fully saturated rings. The maximum Gasteiger partial charge on any atom is 0.252 e.